The average Bonchev–Trinajstić information content (AvgIpc) is 3.03. The van der Waals surface area contributed by atoms with Gasteiger partial charge in [-0.2, -0.15) is 0 Å². The van der Waals surface area contributed by atoms with Gasteiger partial charge in [0.25, 0.3) is 0 Å². The molecule has 27 heavy (non-hydrogen) atoms. The van der Waals surface area contributed by atoms with E-state index in [-0.39, 0.29) is 5.82 Å². The van der Waals surface area contributed by atoms with E-state index in [4.69, 9.17) is 0 Å². The Hall–Kier alpha value is -3.13. The fourth-order valence-electron chi connectivity index (χ4n) is 4.51. The molecule has 5 rings (SSSR count). The van der Waals surface area contributed by atoms with E-state index in [1.165, 1.54) is 27.7 Å². The molecule has 0 saturated heterocycles. The second-order valence-corrected chi connectivity index (χ2v) is 7.06. The number of pyridine rings is 1. The number of hydrogen-bond acceptors (Lipinski definition) is 0. The number of benzene rings is 3. The smallest absolute Gasteiger partial charge is 0.123 e. The van der Waals surface area contributed by atoms with Crippen LogP contribution in [0.3, 0.4) is 0 Å². The highest BCUT2D eigenvalue weighted by atomic mass is 19.1. The van der Waals surface area contributed by atoms with Crippen molar-refractivity contribution >= 4 is 21.7 Å². The lowest BCUT2D eigenvalue weighted by molar-refractivity contribution is 0.630. The van der Waals surface area contributed by atoms with Crippen molar-refractivity contribution in [3.05, 3.63) is 84.3 Å². The zero-order chi connectivity index (χ0) is 18.5. The number of aromatic nitrogens is 1. The maximum Gasteiger partial charge on any atom is 0.123 e. The first-order valence-corrected chi connectivity index (χ1v) is 9.37. The van der Waals surface area contributed by atoms with Gasteiger partial charge in [-0.25, -0.2) is 4.39 Å². The first-order chi connectivity index (χ1) is 13.2. The molecule has 0 saturated carbocycles. The van der Waals surface area contributed by atoms with E-state index in [2.05, 4.69) is 54.9 Å². The summed E-state index contributed by atoms with van der Waals surface area (Å²) in [6, 6.07) is 24.1. The van der Waals surface area contributed by atoms with Crippen molar-refractivity contribution in [2.45, 2.75) is 13.3 Å². The molecule has 0 amide bonds. The van der Waals surface area contributed by atoms with Crippen molar-refractivity contribution in [2.75, 3.05) is 0 Å². The lowest BCUT2D eigenvalue weighted by Crippen LogP contribution is -2.05. The summed E-state index contributed by atoms with van der Waals surface area (Å²) in [5.74, 6) is -0.193. The third kappa shape index (κ3) is 2.23. The maximum absolute atomic E-state index is 14.2. The highest BCUT2D eigenvalue weighted by molar-refractivity contribution is 6.21. The average molecular weight is 353 g/mol. The lowest BCUT2D eigenvalue weighted by atomic mass is 9.93. The second-order valence-electron chi connectivity index (χ2n) is 7.06. The van der Waals surface area contributed by atoms with Crippen molar-refractivity contribution < 1.29 is 4.39 Å². The molecule has 0 atom stereocenters. The molecule has 0 radical (unpaired) electrons. The minimum atomic E-state index is -0.193. The minimum absolute atomic E-state index is 0.193. The molecule has 1 nitrogen and oxygen atoms in total. The van der Waals surface area contributed by atoms with E-state index in [9.17, 15) is 4.39 Å². The Kier molecular flexibility index (Phi) is 3.54. The van der Waals surface area contributed by atoms with Crippen LogP contribution < -0.4 is 0 Å². The summed E-state index contributed by atoms with van der Waals surface area (Å²) < 4.78 is 16.5. The molecule has 0 unspecified atom stereocenters. The Morgan fingerprint density at radius 1 is 0.741 bits per heavy atom. The number of fused-ring (bicyclic) bond motifs is 5. The zero-order valence-corrected chi connectivity index (χ0v) is 15.5. The van der Waals surface area contributed by atoms with Crippen LogP contribution in [0.25, 0.3) is 43.9 Å². The van der Waals surface area contributed by atoms with Gasteiger partial charge in [0.05, 0.1) is 0 Å². The quantitative estimate of drug-likeness (QED) is 0.329. The standard InChI is InChI=1S/C25H20FN/c1-3-21-24-18-14-13-17(26)15-20(18)23(16-9-5-4-6-10-16)25(24)19-11-7-8-12-22(19)27(21)2/h4-15H,3H2,1-2H3. The normalized spacial score (nSPS) is 11.7. The fraction of sp³-hybridized carbons (Fsp3) is 0.120. The molecule has 132 valence electrons. The second kappa shape index (κ2) is 5.95. The molecule has 0 bridgehead atoms. The van der Waals surface area contributed by atoms with Crippen LogP contribution in [0.15, 0.2) is 72.8 Å². The number of halogens is 1. The zero-order valence-electron chi connectivity index (χ0n) is 15.5. The molecule has 0 fully saturated rings. The van der Waals surface area contributed by atoms with Gasteiger partial charge in [0, 0.05) is 34.8 Å². The lowest BCUT2D eigenvalue weighted by Gasteiger charge is -2.19. The van der Waals surface area contributed by atoms with E-state index in [1.807, 2.05) is 24.3 Å². The number of aryl methyl sites for hydroxylation is 1. The highest BCUT2D eigenvalue weighted by Gasteiger charge is 2.25. The summed E-state index contributed by atoms with van der Waals surface area (Å²) in [6.45, 7) is 2.19. The van der Waals surface area contributed by atoms with E-state index in [1.54, 1.807) is 12.1 Å². The van der Waals surface area contributed by atoms with Crippen LogP contribution >= 0.6 is 0 Å². The molecule has 1 aliphatic carbocycles. The highest BCUT2D eigenvalue weighted by Crippen LogP contribution is 2.50. The van der Waals surface area contributed by atoms with Crippen LogP contribution in [0.2, 0.25) is 0 Å². The summed E-state index contributed by atoms with van der Waals surface area (Å²) in [7, 11) is 2.13. The van der Waals surface area contributed by atoms with Crippen LogP contribution in [0, 0.1) is 5.82 Å². The van der Waals surface area contributed by atoms with Gasteiger partial charge in [0.1, 0.15) is 5.82 Å². The predicted molar refractivity (Wildman–Crippen MR) is 112 cm³/mol. The van der Waals surface area contributed by atoms with Crippen molar-refractivity contribution in [1.82, 2.24) is 4.57 Å². The Labute approximate surface area is 158 Å². The summed E-state index contributed by atoms with van der Waals surface area (Å²) in [5, 5.41) is 3.33. The van der Waals surface area contributed by atoms with Gasteiger partial charge in [-0.3, -0.25) is 0 Å². The molecular weight excluding hydrogens is 333 g/mol. The topological polar surface area (TPSA) is 4.93 Å². The molecule has 0 N–H and O–H groups in total. The fourth-order valence-corrected chi connectivity index (χ4v) is 4.51. The van der Waals surface area contributed by atoms with Crippen LogP contribution in [0.1, 0.15) is 12.6 Å². The summed E-state index contributed by atoms with van der Waals surface area (Å²) in [5.41, 5.74) is 7.22. The number of hydrogen-bond donors (Lipinski definition) is 0. The van der Waals surface area contributed by atoms with E-state index >= 15 is 0 Å². The van der Waals surface area contributed by atoms with Gasteiger partial charge in [-0.15, -0.1) is 0 Å². The van der Waals surface area contributed by atoms with Crippen molar-refractivity contribution in [2.24, 2.45) is 7.05 Å². The Balaban J connectivity index is 2.11. The van der Waals surface area contributed by atoms with Crippen LogP contribution in [0.4, 0.5) is 4.39 Å². The summed E-state index contributed by atoms with van der Waals surface area (Å²) in [6.07, 6.45) is 0.919. The molecule has 0 aromatic heterocycles. The van der Waals surface area contributed by atoms with Gasteiger partial charge < -0.3 is 4.57 Å². The molecular formula is C25H20FN. The van der Waals surface area contributed by atoms with Gasteiger partial charge in [0.2, 0.25) is 0 Å². The third-order valence-corrected chi connectivity index (χ3v) is 5.65. The molecule has 3 aromatic rings. The minimum Gasteiger partial charge on any atom is -0.347 e. The number of nitrogens with zero attached hydrogens (tertiary/aromatic N) is 1. The summed E-state index contributed by atoms with van der Waals surface area (Å²) >= 11 is 0. The molecule has 2 heteroatoms. The van der Waals surface area contributed by atoms with Crippen molar-refractivity contribution in [1.29, 1.82) is 0 Å². The third-order valence-electron chi connectivity index (χ3n) is 5.65. The van der Waals surface area contributed by atoms with Crippen LogP contribution in [0.5, 0.6) is 0 Å². The Morgan fingerprint density at radius 3 is 2.26 bits per heavy atom. The largest absolute Gasteiger partial charge is 0.347 e. The first-order valence-electron chi connectivity index (χ1n) is 9.37. The van der Waals surface area contributed by atoms with E-state index in [0.717, 1.165) is 28.3 Å². The van der Waals surface area contributed by atoms with Crippen LogP contribution in [-0.4, -0.2) is 4.57 Å². The Bertz CT molecular complexity index is 1260. The Morgan fingerprint density at radius 2 is 1.48 bits per heavy atom. The van der Waals surface area contributed by atoms with E-state index < -0.39 is 0 Å². The van der Waals surface area contributed by atoms with Gasteiger partial charge in [-0.05, 0) is 46.5 Å². The van der Waals surface area contributed by atoms with E-state index in [0.29, 0.717) is 0 Å². The molecule has 1 aliphatic heterocycles. The van der Waals surface area contributed by atoms with Crippen LogP contribution in [-0.2, 0) is 13.5 Å². The predicted octanol–water partition coefficient (Wildman–Crippen LogP) is 6.80. The van der Waals surface area contributed by atoms with Gasteiger partial charge >= 0.3 is 0 Å². The SMILES string of the molecule is CCc1c2c3ccc(F)cc3c(-c3ccccc3)c-2c2ccccc2n1C. The van der Waals surface area contributed by atoms with Gasteiger partial charge in [-0.1, -0.05) is 61.5 Å². The monoisotopic (exact) mass is 353 g/mol. The maximum atomic E-state index is 14.2. The van der Waals surface area contributed by atoms with Crippen molar-refractivity contribution in [3.63, 3.8) is 0 Å². The molecule has 1 heterocycles. The first kappa shape index (κ1) is 16.1. The molecule has 2 aliphatic rings. The number of rotatable bonds is 2. The number of para-hydroxylation sites is 1. The molecule has 0 spiro atoms. The van der Waals surface area contributed by atoms with Crippen molar-refractivity contribution in [3.8, 4) is 22.3 Å². The summed E-state index contributed by atoms with van der Waals surface area (Å²) in [4.78, 5) is 0. The van der Waals surface area contributed by atoms with Gasteiger partial charge in [0.15, 0.2) is 0 Å². The molecule has 3 aromatic carbocycles.